The van der Waals surface area contributed by atoms with Crippen molar-refractivity contribution in [3.63, 3.8) is 0 Å². The quantitative estimate of drug-likeness (QED) is 0.609. The number of methoxy groups -OCH3 is 2. The molecule has 1 heterocycles. The third-order valence-corrected chi connectivity index (χ3v) is 3.77. The van der Waals surface area contributed by atoms with E-state index in [0.717, 1.165) is 0 Å². The van der Waals surface area contributed by atoms with Crippen LogP contribution in [-0.2, 0) is 14.3 Å². The van der Waals surface area contributed by atoms with Crippen molar-refractivity contribution in [2.45, 2.75) is 6.42 Å². The minimum Gasteiger partial charge on any atom is -0.495 e. The second kappa shape index (κ2) is 10.2. The molecular formula is C18H19ClN2O7. The molecule has 0 aliphatic rings. The molecule has 0 radical (unpaired) electrons. The molecule has 28 heavy (non-hydrogen) atoms. The zero-order valence-corrected chi connectivity index (χ0v) is 16.0. The molecule has 1 aromatic heterocycles. The van der Waals surface area contributed by atoms with Crippen molar-refractivity contribution >= 4 is 35.1 Å². The second-order valence-corrected chi connectivity index (χ2v) is 5.79. The summed E-state index contributed by atoms with van der Waals surface area (Å²) in [5.41, 5.74) is 0.306. The van der Waals surface area contributed by atoms with Crippen molar-refractivity contribution in [3.05, 3.63) is 41.3 Å². The van der Waals surface area contributed by atoms with E-state index in [-0.39, 0.29) is 23.7 Å². The number of nitrogens with one attached hydrogen (secondary N) is 2. The number of carbonyl (C=O) groups excluding carboxylic acids is 3. The molecule has 0 saturated heterocycles. The summed E-state index contributed by atoms with van der Waals surface area (Å²) in [6.45, 7) is -0.459. The Bertz CT molecular complexity index is 837. The summed E-state index contributed by atoms with van der Waals surface area (Å²) in [4.78, 5) is 35.3. The van der Waals surface area contributed by atoms with Crippen LogP contribution in [0.15, 0.2) is 34.9 Å². The first-order valence-corrected chi connectivity index (χ1v) is 8.51. The monoisotopic (exact) mass is 410 g/mol. The lowest BCUT2D eigenvalue weighted by molar-refractivity contribution is -0.147. The lowest BCUT2D eigenvalue weighted by atomic mass is 10.2. The van der Waals surface area contributed by atoms with Gasteiger partial charge >= 0.3 is 5.97 Å². The lowest BCUT2D eigenvalue weighted by Gasteiger charge is -2.13. The molecule has 2 amide bonds. The van der Waals surface area contributed by atoms with Crippen molar-refractivity contribution < 1.29 is 33.0 Å². The molecule has 0 saturated carbocycles. The summed E-state index contributed by atoms with van der Waals surface area (Å²) in [5.74, 6) is -0.804. The van der Waals surface area contributed by atoms with Crippen molar-refractivity contribution in [1.82, 2.24) is 5.32 Å². The normalized spacial score (nSPS) is 10.1. The first kappa shape index (κ1) is 21.1. The van der Waals surface area contributed by atoms with Gasteiger partial charge in [-0.3, -0.25) is 14.4 Å². The Morgan fingerprint density at radius 1 is 1.14 bits per heavy atom. The molecule has 0 atom stereocenters. The predicted molar refractivity (Wildman–Crippen MR) is 99.8 cm³/mol. The zero-order chi connectivity index (χ0) is 20.5. The van der Waals surface area contributed by atoms with Crippen LogP contribution in [-0.4, -0.2) is 45.2 Å². The number of benzene rings is 1. The van der Waals surface area contributed by atoms with Gasteiger partial charge < -0.3 is 29.3 Å². The van der Waals surface area contributed by atoms with Crippen LogP contribution in [0.2, 0.25) is 5.02 Å². The van der Waals surface area contributed by atoms with Gasteiger partial charge in [-0.1, -0.05) is 11.6 Å². The lowest BCUT2D eigenvalue weighted by Crippen LogP contribution is -2.27. The third-order valence-electron chi connectivity index (χ3n) is 3.47. The number of halogens is 1. The van der Waals surface area contributed by atoms with E-state index in [1.807, 2.05) is 0 Å². The van der Waals surface area contributed by atoms with Crippen LogP contribution in [0, 0.1) is 0 Å². The Kier molecular flexibility index (Phi) is 7.70. The first-order valence-electron chi connectivity index (χ1n) is 8.13. The van der Waals surface area contributed by atoms with Crippen molar-refractivity contribution in [2.75, 3.05) is 32.7 Å². The molecule has 2 N–H and O–H groups in total. The van der Waals surface area contributed by atoms with Gasteiger partial charge in [0.1, 0.15) is 11.5 Å². The summed E-state index contributed by atoms with van der Waals surface area (Å²) in [6.07, 6.45) is 1.27. The van der Waals surface area contributed by atoms with Crippen LogP contribution in [0.3, 0.4) is 0 Å². The molecule has 0 aliphatic heterocycles. The number of hydrogen-bond acceptors (Lipinski definition) is 7. The molecular weight excluding hydrogens is 392 g/mol. The van der Waals surface area contributed by atoms with Crippen LogP contribution in [0.4, 0.5) is 5.69 Å². The minimum absolute atomic E-state index is 0.0435. The summed E-state index contributed by atoms with van der Waals surface area (Å²) in [7, 11) is 2.88. The zero-order valence-electron chi connectivity index (χ0n) is 15.2. The van der Waals surface area contributed by atoms with Gasteiger partial charge in [0.25, 0.3) is 11.8 Å². The summed E-state index contributed by atoms with van der Waals surface area (Å²) >= 11 is 6.03. The number of anilines is 1. The van der Waals surface area contributed by atoms with Gasteiger partial charge in [-0.05, 0) is 18.2 Å². The summed E-state index contributed by atoms with van der Waals surface area (Å²) < 4.78 is 20.0. The average molecular weight is 411 g/mol. The topological polar surface area (TPSA) is 116 Å². The van der Waals surface area contributed by atoms with E-state index in [1.54, 1.807) is 6.07 Å². The maximum absolute atomic E-state index is 12.0. The maximum Gasteiger partial charge on any atom is 0.308 e. The Labute approximate surface area is 165 Å². The second-order valence-electron chi connectivity index (χ2n) is 5.38. The molecule has 10 heteroatoms. The van der Waals surface area contributed by atoms with Gasteiger partial charge in [0.2, 0.25) is 0 Å². The number of esters is 1. The van der Waals surface area contributed by atoms with Gasteiger partial charge in [0.15, 0.2) is 12.4 Å². The number of ether oxygens (including phenoxy) is 3. The number of furan rings is 1. The van der Waals surface area contributed by atoms with Crippen LogP contribution in [0.5, 0.6) is 11.5 Å². The minimum atomic E-state index is -0.644. The van der Waals surface area contributed by atoms with E-state index in [2.05, 4.69) is 10.6 Å². The van der Waals surface area contributed by atoms with Crippen molar-refractivity contribution in [2.24, 2.45) is 0 Å². The van der Waals surface area contributed by atoms with E-state index in [0.29, 0.717) is 17.2 Å². The average Bonchev–Trinajstić information content (AvgIpc) is 3.21. The SMILES string of the molecule is COc1cc(OC)c(NC(=O)COC(=O)CCNC(=O)c2ccco2)cc1Cl. The van der Waals surface area contributed by atoms with Gasteiger partial charge in [-0.2, -0.15) is 0 Å². The highest BCUT2D eigenvalue weighted by Gasteiger charge is 2.14. The number of hydrogen-bond donors (Lipinski definition) is 2. The van der Waals surface area contributed by atoms with Gasteiger partial charge in [0, 0.05) is 12.6 Å². The smallest absolute Gasteiger partial charge is 0.308 e. The maximum atomic E-state index is 12.0. The van der Waals surface area contributed by atoms with E-state index in [4.69, 9.17) is 30.2 Å². The largest absolute Gasteiger partial charge is 0.495 e. The molecule has 0 bridgehead atoms. The van der Waals surface area contributed by atoms with Crippen LogP contribution < -0.4 is 20.1 Å². The first-order chi connectivity index (χ1) is 13.4. The molecule has 0 fully saturated rings. The van der Waals surface area contributed by atoms with Crippen LogP contribution in [0.25, 0.3) is 0 Å². The predicted octanol–water partition coefficient (Wildman–Crippen LogP) is 2.25. The molecule has 150 valence electrons. The fraction of sp³-hybridized carbons (Fsp3) is 0.278. The number of amides is 2. The highest BCUT2D eigenvalue weighted by atomic mass is 35.5. The molecule has 9 nitrogen and oxygen atoms in total. The van der Waals surface area contributed by atoms with Gasteiger partial charge in [0.05, 0.1) is 37.6 Å². The molecule has 0 aliphatic carbocycles. The van der Waals surface area contributed by atoms with E-state index in [9.17, 15) is 14.4 Å². The molecule has 2 rings (SSSR count). The Balaban J connectivity index is 1.77. The van der Waals surface area contributed by atoms with Gasteiger partial charge in [-0.15, -0.1) is 0 Å². The molecule has 0 unspecified atom stereocenters. The summed E-state index contributed by atoms with van der Waals surface area (Å²) in [6, 6.07) is 6.05. The van der Waals surface area contributed by atoms with Crippen LogP contribution in [0.1, 0.15) is 17.0 Å². The Morgan fingerprint density at radius 2 is 1.89 bits per heavy atom. The van der Waals surface area contributed by atoms with Gasteiger partial charge in [-0.25, -0.2) is 0 Å². The highest BCUT2D eigenvalue weighted by Crippen LogP contribution is 2.35. The fourth-order valence-corrected chi connectivity index (χ4v) is 2.38. The molecule has 0 spiro atoms. The number of rotatable bonds is 9. The molecule has 2 aromatic rings. The van der Waals surface area contributed by atoms with E-state index >= 15 is 0 Å². The fourth-order valence-electron chi connectivity index (χ4n) is 2.14. The number of carbonyl (C=O) groups is 3. The molecule has 1 aromatic carbocycles. The highest BCUT2D eigenvalue weighted by molar-refractivity contribution is 6.32. The van der Waals surface area contributed by atoms with E-state index in [1.165, 1.54) is 38.7 Å². The van der Waals surface area contributed by atoms with Crippen LogP contribution >= 0.6 is 11.6 Å². The summed E-state index contributed by atoms with van der Waals surface area (Å²) in [5, 5.41) is 5.32. The Hall–Kier alpha value is -3.20. The van der Waals surface area contributed by atoms with Crippen molar-refractivity contribution in [3.8, 4) is 11.5 Å². The van der Waals surface area contributed by atoms with Crippen molar-refractivity contribution in [1.29, 1.82) is 0 Å². The van der Waals surface area contributed by atoms with E-state index < -0.39 is 24.4 Å². The third kappa shape index (κ3) is 5.92. The Morgan fingerprint density at radius 3 is 2.54 bits per heavy atom. The standard InChI is InChI=1S/C18H19ClN2O7/c1-25-14-9-15(26-2)12(8-11(14)19)21-16(22)10-28-17(23)5-6-20-18(24)13-4-3-7-27-13/h3-4,7-9H,5-6,10H2,1-2H3,(H,20,24)(H,21,22).